The van der Waals surface area contributed by atoms with Crippen LogP contribution in [0.1, 0.15) is 0 Å². The SMILES string of the molecule is COC(=O)C(CO)NC(=O)CSc1ccc(F)cc1. The monoisotopic (exact) mass is 287 g/mol. The Balaban J connectivity index is 2.42. The lowest BCUT2D eigenvalue weighted by Gasteiger charge is -2.13. The topological polar surface area (TPSA) is 75.6 Å². The molecule has 7 heteroatoms. The number of hydrogen-bond donors (Lipinski definition) is 2. The van der Waals surface area contributed by atoms with Gasteiger partial charge >= 0.3 is 5.97 Å². The number of nitrogens with one attached hydrogen (secondary N) is 1. The molecular formula is C12H14FNO4S. The molecule has 0 bridgehead atoms. The van der Waals surface area contributed by atoms with Crippen molar-refractivity contribution in [3.05, 3.63) is 30.1 Å². The maximum Gasteiger partial charge on any atom is 0.330 e. The third-order valence-corrected chi connectivity index (χ3v) is 3.20. The third kappa shape index (κ3) is 5.27. The normalized spacial score (nSPS) is 11.7. The summed E-state index contributed by atoms with van der Waals surface area (Å²) >= 11 is 1.20. The molecule has 1 unspecified atom stereocenters. The van der Waals surface area contributed by atoms with Gasteiger partial charge in [-0.05, 0) is 24.3 Å². The molecule has 0 spiro atoms. The molecule has 1 aromatic rings. The number of thioether (sulfide) groups is 1. The number of methoxy groups -OCH3 is 1. The Morgan fingerprint density at radius 2 is 2.05 bits per heavy atom. The van der Waals surface area contributed by atoms with Crippen LogP contribution in [0.25, 0.3) is 0 Å². The number of halogens is 1. The molecule has 0 saturated carbocycles. The molecule has 104 valence electrons. The van der Waals surface area contributed by atoms with Crippen molar-refractivity contribution in [2.45, 2.75) is 10.9 Å². The lowest BCUT2D eigenvalue weighted by molar-refractivity contribution is -0.145. The van der Waals surface area contributed by atoms with Crippen molar-refractivity contribution in [2.24, 2.45) is 0 Å². The molecular weight excluding hydrogens is 273 g/mol. The zero-order valence-corrected chi connectivity index (χ0v) is 11.1. The van der Waals surface area contributed by atoms with Crippen LogP contribution in [0.5, 0.6) is 0 Å². The first-order valence-electron chi connectivity index (χ1n) is 5.43. The van der Waals surface area contributed by atoms with Gasteiger partial charge in [0, 0.05) is 4.90 Å². The lowest BCUT2D eigenvalue weighted by Crippen LogP contribution is -2.44. The lowest BCUT2D eigenvalue weighted by atomic mass is 10.3. The molecule has 0 radical (unpaired) electrons. The Morgan fingerprint density at radius 3 is 2.58 bits per heavy atom. The molecule has 2 N–H and O–H groups in total. The van der Waals surface area contributed by atoms with E-state index in [0.29, 0.717) is 0 Å². The molecule has 0 heterocycles. The molecule has 0 saturated heterocycles. The van der Waals surface area contributed by atoms with Gasteiger partial charge in [-0.25, -0.2) is 9.18 Å². The van der Waals surface area contributed by atoms with Crippen molar-refractivity contribution < 1.29 is 23.8 Å². The summed E-state index contributed by atoms with van der Waals surface area (Å²) in [5.41, 5.74) is 0. The Morgan fingerprint density at radius 1 is 1.42 bits per heavy atom. The van der Waals surface area contributed by atoms with Gasteiger partial charge in [-0.1, -0.05) is 0 Å². The van der Waals surface area contributed by atoms with Crippen LogP contribution < -0.4 is 5.32 Å². The van der Waals surface area contributed by atoms with Gasteiger partial charge in [0.2, 0.25) is 5.91 Å². The Bertz CT molecular complexity index is 438. The van der Waals surface area contributed by atoms with Gasteiger partial charge in [-0.15, -0.1) is 11.8 Å². The molecule has 1 atom stereocenters. The third-order valence-electron chi connectivity index (χ3n) is 2.19. The van der Waals surface area contributed by atoms with E-state index >= 15 is 0 Å². The number of esters is 1. The molecule has 1 rings (SSSR count). The van der Waals surface area contributed by atoms with Crippen LogP contribution in [0, 0.1) is 5.82 Å². The van der Waals surface area contributed by atoms with Crippen LogP contribution in [0.2, 0.25) is 0 Å². The zero-order chi connectivity index (χ0) is 14.3. The zero-order valence-electron chi connectivity index (χ0n) is 10.3. The average molecular weight is 287 g/mol. The summed E-state index contributed by atoms with van der Waals surface area (Å²) < 4.78 is 17.1. The molecule has 1 amide bonds. The smallest absolute Gasteiger partial charge is 0.330 e. The number of benzene rings is 1. The number of aliphatic hydroxyl groups is 1. The minimum absolute atomic E-state index is 0.0547. The van der Waals surface area contributed by atoms with E-state index in [-0.39, 0.29) is 11.6 Å². The number of carbonyl (C=O) groups is 2. The van der Waals surface area contributed by atoms with E-state index in [1.165, 1.54) is 31.0 Å². The quantitative estimate of drug-likeness (QED) is 0.591. The van der Waals surface area contributed by atoms with Crippen molar-refractivity contribution in [1.29, 1.82) is 0 Å². The maximum absolute atomic E-state index is 12.7. The highest BCUT2D eigenvalue weighted by Crippen LogP contribution is 2.17. The first kappa shape index (κ1) is 15.5. The van der Waals surface area contributed by atoms with Crippen LogP contribution in [0.3, 0.4) is 0 Å². The molecule has 0 aliphatic rings. The van der Waals surface area contributed by atoms with Crippen LogP contribution in [-0.4, -0.2) is 42.5 Å². The fraction of sp³-hybridized carbons (Fsp3) is 0.333. The Hall–Kier alpha value is -1.60. The van der Waals surface area contributed by atoms with Gasteiger partial charge in [0.05, 0.1) is 19.5 Å². The first-order chi connectivity index (χ1) is 9.06. The molecule has 0 aliphatic heterocycles. The highest BCUT2D eigenvalue weighted by molar-refractivity contribution is 8.00. The first-order valence-corrected chi connectivity index (χ1v) is 6.41. The van der Waals surface area contributed by atoms with Crippen LogP contribution in [-0.2, 0) is 14.3 Å². The van der Waals surface area contributed by atoms with E-state index in [1.807, 2.05) is 0 Å². The van der Waals surface area contributed by atoms with E-state index in [1.54, 1.807) is 12.1 Å². The number of aliphatic hydroxyl groups excluding tert-OH is 1. The fourth-order valence-electron chi connectivity index (χ4n) is 1.24. The Kier molecular flexibility index (Phi) is 6.31. The number of ether oxygens (including phenoxy) is 1. The van der Waals surface area contributed by atoms with Crippen molar-refractivity contribution >= 4 is 23.6 Å². The van der Waals surface area contributed by atoms with Crippen molar-refractivity contribution in [3.63, 3.8) is 0 Å². The highest BCUT2D eigenvalue weighted by atomic mass is 32.2. The van der Waals surface area contributed by atoms with Crippen LogP contribution in [0.15, 0.2) is 29.2 Å². The molecule has 0 fully saturated rings. The maximum atomic E-state index is 12.7. The predicted octanol–water partition coefficient (Wildman–Crippen LogP) is 0.568. The summed E-state index contributed by atoms with van der Waals surface area (Å²) in [6, 6.07) is 4.64. The summed E-state index contributed by atoms with van der Waals surface area (Å²) in [7, 11) is 1.17. The van der Waals surface area contributed by atoms with Gasteiger partial charge in [0.15, 0.2) is 6.04 Å². The number of rotatable bonds is 6. The summed E-state index contributed by atoms with van der Waals surface area (Å²) in [5.74, 6) is -1.42. The highest BCUT2D eigenvalue weighted by Gasteiger charge is 2.20. The second-order valence-electron chi connectivity index (χ2n) is 3.57. The van der Waals surface area contributed by atoms with E-state index in [4.69, 9.17) is 5.11 Å². The fourth-order valence-corrected chi connectivity index (χ4v) is 1.95. The van der Waals surface area contributed by atoms with Gasteiger partial charge in [0.1, 0.15) is 5.82 Å². The van der Waals surface area contributed by atoms with Crippen molar-refractivity contribution in [2.75, 3.05) is 19.5 Å². The van der Waals surface area contributed by atoms with E-state index in [9.17, 15) is 14.0 Å². The summed E-state index contributed by atoms with van der Waals surface area (Å²) in [4.78, 5) is 23.4. The minimum Gasteiger partial charge on any atom is -0.467 e. The van der Waals surface area contributed by atoms with Gasteiger partial charge in [-0.3, -0.25) is 4.79 Å². The van der Waals surface area contributed by atoms with Crippen molar-refractivity contribution in [1.82, 2.24) is 5.32 Å². The molecule has 0 aromatic heterocycles. The minimum atomic E-state index is -1.06. The largest absolute Gasteiger partial charge is 0.467 e. The van der Waals surface area contributed by atoms with Crippen LogP contribution >= 0.6 is 11.8 Å². The molecule has 1 aromatic carbocycles. The number of hydrogen-bond acceptors (Lipinski definition) is 5. The van der Waals surface area contributed by atoms with E-state index in [0.717, 1.165) is 4.90 Å². The second kappa shape index (κ2) is 7.75. The van der Waals surface area contributed by atoms with E-state index in [2.05, 4.69) is 10.1 Å². The van der Waals surface area contributed by atoms with Crippen molar-refractivity contribution in [3.8, 4) is 0 Å². The Labute approximate surface area is 114 Å². The average Bonchev–Trinajstić information content (AvgIpc) is 2.43. The number of carbonyl (C=O) groups excluding carboxylic acids is 2. The predicted molar refractivity (Wildman–Crippen MR) is 68.2 cm³/mol. The second-order valence-corrected chi connectivity index (χ2v) is 4.62. The number of amides is 1. The van der Waals surface area contributed by atoms with Gasteiger partial charge in [0.25, 0.3) is 0 Å². The standard InChI is InChI=1S/C12H14FNO4S/c1-18-12(17)10(6-15)14-11(16)7-19-9-4-2-8(13)3-5-9/h2-5,10,15H,6-7H2,1H3,(H,14,16). The molecule has 5 nitrogen and oxygen atoms in total. The summed E-state index contributed by atoms with van der Waals surface area (Å²) in [6.45, 7) is -0.528. The van der Waals surface area contributed by atoms with E-state index < -0.39 is 24.5 Å². The molecule has 0 aliphatic carbocycles. The van der Waals surface area contributed by atoms with Gasteiger partial charge in [-0.2, -0.15) is 0 Å². The van der Waals surface area contributed by atoms with Crippen LogP contribution in [0.4, 0.5) is 4.39 Å². The summed E-state index contributed by atoms with van der Waals surface area (Å²) in [6.07, 6.45) is 0. The van der Waals surface area contributed by atoms with Gasteiger partial charge < -0.3 is 15.2 Å². The summed E-state index contributed by atoms with van der Waals surface area (Å²) in [5, 5.41) is 11.3. The molecule has 19 heavy (non-hydrogen) atoms.